The summed E-state index contributed by atoms with van der Waals surface area (Å²) >= 11 is 0. The monoisotopic (exact) mass is 295 g/mol. The first-order valence-electron chi connectivity index (χ1n) is 6.95. The number of hydrogen-bond donors (Lipinski definition) is 2. The van der Waals surface area contributed by atoms with E-state index in [0.29, 0.717) is 37.0 Å². The van der Waals surface area contributed by atoms with Gasteiger partial charge in [0.15, 0.2) is 11.5 Å². The van der Waals surface area contributed by atoms with Crippen LogP contribution in [0.15, 0.2) is 12.1 Å². The second-order valence-corrected chi connectivity index (χ2v) is 5.26. The van der Waals surface area contributed by atoms with E-state index in [4.69, 9.17) is 14.2 Å². The Morgan fingerprint density at radius 2 is 2.10 bits per heavy atom. The third-order valence-corrected chi connectivity index (χ3v) is 3.35. The highest BCUT2D eigenvalue weighted by molar-refractivity contribution is 5.73. The molecule has 0 spiro atoms. The van der Waals surface area contributed by atoms with Crippen molar-refractivity contribution in [2.45, 2.75) is 26.4 Å². The van der Waals surface area contributed by atoms with Crippen molar-refractivity contribution in [3.63, 3.8) is 0 Å². The van der Waals surface area contributed by atoms with Gasteiger partial charge in [0, 0.05) is 6.54 Å². The highest BCUT2D eigenvalue weighted by Gasteiger charge is 2.22. The van der Waals surface area contributed by atoms with Crippen LogP contribution in [-0.2, 0) is 11.3 Å². The molecule has 6 heteroatoms. The summed E-state index contributed by atoms with van der Waals surface area (Å²) in [6, 6.07) is 3.09. The number of carbonyl (C=O) groups is 1. The summed E-state index contributed by atoms with van der Waals surface area (Å²) < 4.78 is 16.4. The Bertz CT molecular complexity index is 498. The van der Waals surface area contributed by atoms with Crippen molar-refractivity contribution in [2.75, 3.05) is 20.3 Å². The van der Waals surface area contributed by atoms with Gasteiger partial charge in [0.05, 0.1) is 7.11 Å². The van der Waals surface area contributed by atoms with Gasteiger partial charge in [-0.05, 0) is 23.6 Å². The summed E-state index contributed by atoms with van der Waals surface area (Å²) in [6.45, 7) is 5.15. The number of aliphatic carboxylic acids is 1. The van der Waals surface area contributed by atoms with E-state index in [2.05, 4.69) is 5.32 Å². The van der Waals surface area contributed by atoms with Crippen LogP contribution in [-0.4, -0.2) is 37.4 Å². The first kappa shape index (κ1) is 15.4. The molecule has 6 nitrogen and oxygen atoms in total. The molecule has 2 rings (SSSR count). The number of fused-ring (bicyclic) bond motifs is 1. The fourth-order valence-corrected chi connectivity index (χ4v) is 2.27. The number of rotatable bonds is 6. The highest BCUT2D eigenvalue weighted by atomic mass is 16.6. The Balaban J connectivity index is 2.15. The molecule has 0 saturated carbocycles. The lowest BCUT2D eigenvalue weighted by atomic mass is 10.0. The van der Waals surface area contributed by atoms with Crippen molar-refractivity contribution in [2.24, 2.45) is 5.92 Å². The zero-order valence-electron chi connectivity index (χ0n) is 12.5. The lowest BCUT2D eigenvalue weighted by molar-refractivity contribution is -0.140. The molecule has 116 valence electrons. The third kappa shape index (κ3) is 3.58. The maximum Gasteiger partial charge on any atom is 0.320 e. The molecule has 0 unspecified atom stereocenters. The molecular weight excluding hydrogens is 274 g/mol. The number of benzene rings is 1. The van der Waals surface area contributed by atoms with Gasteiger partial charge in [-0.15, -0.1) is 0 Å². The molecule has 1 aromatic carbocycles. The summed E-state index contributed by atoms with van der Waals surface area (Å²) in [4.78, 5) is 11.2. The highest BCUT2D eigenvalue weighted by Crippen LogP contribution is 2.40. The van der Waals surface area contributed by atoms with Crippen molar-refractivity contribution in [3.8, 4) is 17.2 Å². The predicted molar refractivity (Wildman–Crippen MR) is 77.1 cm³/mol. The summed E-state index contributed by atoms with van der Waals surface area (Å²) in [5.41, 5.74) is 0.892. The minimum atomic E-state index is -0.852. The van der Waals surface area contributed by atoms with E-state index < -0.39 is 12.0 Å². The molecule has 0 saturated heterocycles. The second-order valence-electron chi connectivity index (χ2n) is 5.26. The van der Waals surface area contributed by atoms with Gasteiger partial charge in [0.2, 0.25) is 5.75 Å². The summed E-state index contributed by atoms with van der Waals surface area (Å²) in [5, 5.41) is 12.2. The zero-order valence-corrected chi connectivity index (χ0v) is 12.5. The molecule has 1 aliphatic heterocycles. The number of nitrogens with one attached hydrogen (secondary N) is 1. The van der Waals surface area contributed by atoms with Crippen molar-refractivity contribution >= 4 is 5.97 Å². The van der Waals surface area contributed by atoms with Crippen LogP contribution >= 0.6 is 0 Å². The van der Waals surface area contributed by atoms with Gasteiger partial charge in [-0.3, -0.25) is 4.79 Å². The molecule has 0 fully saturated rings. The van der Waals surface area contributed by atoms with Crippen LogP contribution in [0.1, 0.15) is 19.4 Å². The van der Waals surface area contributed by atoms with Crippen LogP contribution in [0.3, 0.4) is 0 Å². The maximum atomic E-state index is 11.2. The van der Waals surface area contributed by atoms with Gasteiger partial charge in [-0.2, -0.15) is 0 Å². The van der Waals surface area contributed by atoms with Crippen LogP contribution in [0, 0.1) is 5.92 Å². The molecule has 1 aromatic rings. The Morgan fingerprint density at radius 3 is 2.71 bits per heavy atom. The Labute approximate surface area is 124 Å². The number of hydrogen-bond acceptors (Lipinski definition) is 5. The standard InChI is InChI=1S/C15H21NO5/c1-9(2)13(15(17)18)16-8-10-6-11(19-3)14-12(7-10)20-4-5-21-14/h6-7,9,13,16H,4-5,8H2,1-3H3,(H,17,18)/t13-/m1/s1. The molecule has 0 aromatic heterocycles. The molecule has 0 amide bonds. The van der Waals surface area contributed by atoms with Gasteiger partial charge in [-0.1, -0.05) is 13.8 Å². The first-order chi connectivity index (χ1) is 10.0. The topological polar surface area (TPSA) is 77.0 Å². The molecule has 0 aliphatic carbocycles. The van der Waals surface area contributed by atoms with E-state index in [9.17, 15) is 9.90 Å². The number of carboxylic acid groups (broad SMARTS) is 1. The van der Waals surface area contributed by atoms with Gasteiger partial charge in [0.25, 0.3) is 0 Å². The lowest BCUT2D eigenvalue weighted by Gasteiger charge is -2.22. The molecule has 0 bridgehead atoms. The van der Waals surface area contributed by atoms with E-state index in [0.717, 1.165) is 5.56 Å². The molecule has 1 heterocycles. The molecule has 21 heavy (non-hydrogen) atoms. The van der Waals surface area contributed by atoms with Gasteiger partial charge in [0.1, 0.15) is 19.3 Å². The molecule has 2 N–H and O–H groups in total. The largest absolute Gasteiger partial charge is 0.493 e. The molecular formula is C15H21NO5. The minimum absolute atomic E-state index is 0.00149. The fourth-order valence-electron chi connectivity index (χ4n) is 2.27. The normalized spacial score (nSPS) is 14.9. The number of carboxylic acids is 1. The fraction of sp³-hybridized carbons (Fsp3) is 0.533. The average Bonchev–Trinajstić information content (AvgIpc) is 2.45. The van der Waals surface area contributed by atoms with E-state index in [1.165, 1.54) is 0 Å². The van der Waals surface area contributed by atoms with Crippen LogP contribution in [0.2, 0.25) is 0 Å². The molecule has 1 aliphatic rings. The maximum absolute atomic E-state index is 11.2. The van der Waals surface area contributed by atoms with E-state index in [1.54, 1.807) is 7.11 Å². The van der Waals surface area contributed by atoms with Crippen LogP contribution in [0.5, 0.6) is 17.2 Å². The average molecular weight is 295 g/mol. The van der Waals surface area contributed by atoms with Crippen LogP contribution in [0.25, 0.3) is 0 Å². The summed E-state index contributed by atoms with van der Waals surface area (Å²) in [7, 11) is 1.57. The van der Waals surface area contributed by atoms with Crippen molar-refractivity contribution < 1.29 is 24.1 Å². The lowest BCUT2D eigenvalue weighted by Crippen LogP contribution is -2.40. The SMILES string of the molecule is COc1cc(CN[C@@H](C(=O)O)C(C)C)cc2c1OCCO2. The van der Waals surface area contributed by atoms with Crippen LogP contribution in [0.4, 0.5) is 0 Å². The van der Waals surface area contributed by atoms with Gasteiger partial charge < -0.3 is 24.6 Å². The van der Waals surface area contributed by atoms with E-state index >= 15 is 0 Å². The Kier molecular flexibility index (Phi) is 4.90. The smallest absolute Gasteiger partial charge is 0.320 e. The van der Waals surface area contributed by atoms with Crippen molar-refractivity contribution in [1.82, 2.24) is 5.32 Å². The summed E-state index contributed by atoms with van der Waals surface area (Å²) in [5.74, 6) is 0.983. The quantitative estimate of drug-likeness (QED) is 0.831. The minimum Gasteiger partial charge on any atom is -0.493 e. The second kappa shape index (κ2) is 6.67. The zero-order chi connectivity index (χ0) is 15.4. The number of methoxy groups -OCH3 is 1. The van der Waals surface area contributed by atoms with Crippen molar-refractivity contribution in [1.29, 1.82) is 0 Å². The van der Waals surface area contributed by atoms with Gasteiger partial charge in [-0.25, -0.2) is 0 Å². The molecule has 0 radical (unpaired) electrons. The van der Waals surface area contributed by atoms with Gasteiger partial charge >= 0.3 is 5.97 Å². The Hall–Kier alpha value is -1.95. The molecule has 1 atom stereocenters. The summed E-state index contributed by atoms with van der Waals surface area (Å²) in [6.07, 6.45) is 0. The number of ether oxygens (including phenoxy) is 3. The third-order valence-electron chi connectivity index (χ3n) is 3.35. The predicted octanol–water partition coefficient (Wildman–Crippen LogP) is 1.67. The Morgan fingerprint density at radius 1 is 1.38 bits per heavy atom. The van der Waals surface area contributed by atoms with Crippen molar-refractivity contribution in [3.05, 3.63) is 17.7 Å². The van der Waals surface area contributed by atoms with Crippen LogP contribution < -0.4 is 19.5 Å². The van der Waals surface area contributed by atoms with E-state index in [-0.39, 0.29) is 5.92 Å². The first-order valence-corrected chi connectivity index (χ1v) is 6.95. The van der Waals surface area contributed by atoms with E-state index in [1.807, 2.05) is 26.0 Å².